The zero-order chi connectivity index (χ0) is 12.1. The van der Waals surface area contributed by atoms with Crippen LogP contribution in [0.25, 0.3) is 0 Å². The lowest BCUT2D eigenvalue weighted by Crippen LogP contribution is -2.09. The topological polar surface area (TPSA) is 54.0 Å². The van der Waals surface area contributed by atoms with Gasteiger partial charge in [0, 0.05) is 13.2 Å². The number of hydrogen-bond donors (Lipinski definition) is 0. The van der Waals surface area contributed by atoms with E-state index >= 15 is 0 Å². The molecule has 0 atom stereocenters. The van der Waals surface area contributed by atoms with Crippen LogP contribution in [-0.4, -0.2) is 45.8 Å². The maximum Gasteiger partial charge on any atom is 0.508 e. The maximum absolute atomic E-state index is 10.8. The smallest absolute Gasteiger partial charge is 0.435 e. The van der Waals surface area contributed by atoms with Crippen LogP contribution in [0.2, 0.25) is 0 Å². The van der Waals surface area contributed by atoms with Gasteiger partial charge in [0.25, 0.3) is 0 Å². The van der Waals surface area contributed by atoms with Crippen molar-refractivity contribution in [2.45, 2.75) is 26.7 Å². The largest absolute Gasteiger partial charge is 0.508 e. The molecule has 0 saturated carbocycles. The van der Waals surface area contributed by atoms with Crippen molar-refractivity contribution < 1.29 is 23.7 Å². The van der Waals surface area contributed by atoms with Crippen molar-refractivity contribution in [1.29, 1.82) is 0 Å². The second-order valence-corrected chi connectivity index (χ2v) is 3.05. The van der Waals surface area contributed by atoms with Crippen LogP contribution >= 0.6 is 0 Å². The lowest BCUT2D eigenvalue weighted by atomic mass is 10.3. The van der Waals surface area contributed by atoms with Gasteiger partial charge in [-0.05, 0) is 26.7 Å². The van der Waals surface area contributed by atoms with Crippen molar-refractivity contribution >= 4 is 6.16 Å². The van der Waals surface area contributed by atoms with Crippen LogP contribution in [0.15, 0.2) is 0 Å². The van der Waals surface area contributed by atoms with Gasteiger partial charge in [-0.2, -0.15) is 0 Å². The monoisotopic (exact) mass is 234 g/mol. The van der Waals surface area contributed by atoms with Crippen LogP contribution in [-0.2, 0) is 18.9 Å². The van der Waals surface area contributed by atoms with Crippen molar-refractivity contribution in [2.75, 3.05) is 39.6 Å². The predicted octanol–water partition coefficient (Wildman–Crippen LogP) is 1.99. The van der Waals surface area contributed by atoms with Crippen LogP contribution in [0.5, 0.6) is 0 Å². The van der Waals surface area contributed by atoms with Crippen molar-refractivity contribution in [3.05, 3.63) is 0 Å². The van der Waals surface area contributed by atoms with E-state index in [1.165, 1.54) is 0 Å². The molecule has 0 saturated heterocycles. The Morgan fingerprint density at radius 3 is 2.19 bits per heavy atom. The Kier molecular flexibility index (Phi) is 11.6. The molecule has 0 amide bonds. The van der Waals surface area contributed by atoms with Gasteiger partial charge in [-0.15, -0.1) is 0 Å². The number of unbranched alkanes of at least 4 members (excludes halogenated alkanes) is 1. The molecule has 0 radical (unpaired) electrons. The van der Waals surface area contributed by atoms with Gasteiger partial charge in [-0.25, -0.2) is 4.79 Å². The second kappa shape index (κ2) is 12.3. The minimum Gasteiger partial charge on any atom is -0.435 e. The Morgan fingerprint density at radius 2 is 1.50 bits per heavy atom. The Labute approximate surface area is 97.0 Å². The molecule has 0 N–H and O–H groups in total. The van der Waals surface area contributed by atoms with Gasteiger partial charge < -0.3 is 18.9 Å². The summed E-state index contributed by atoms with van der Waals surface area (Å²) in [6.07, 6.45) is 1.05. The first kappa shape index (κ1) is 15.2. The van der Waals surface area contributed by atoms with Crippen LogP contribution in [0, 0.1) is 0 Å². The number of carbonyl (C=O) groups is 1. The number of ether oxygens (including phenoxy) is 4. The highest BCUT2D eigenvalue weighted by atomic mass is 16.7. The first-order chi connectivity index (χ1) is 7.81. The maximum atomic E-state index is 10.8. The highest BCUT2D eigenvalue weighted by Crippen LogP contribution is 1.93. The minimum atomic E-state index is -0.597. The molecule has 0 aliphatic rings. The average Bonchev–Trinajstić information content (AvgIpc) is 2.27. The van der Waals surface area contributed by atoms with Crippen LogP contribution in [0.3, 0.4) is 0 Å². The van der Waals surface area contributed by atoms with Gasteiger partial charge in [-0.3, -0.25) is 0 Å². The van der Waals surface area contributed by atoms with E-state index in [4.69, 9.17) is 14.2 Å². The molecular weight excluding hydrogens is 212 g/mol. The molecule has 16 heavy (non-hydrogen) atoms. The van der Waals surface area contributed by atoms with Crippen molar-refractivity contribution in [1.82, 2.24) is 0 Å². The van der Waals surface area contributed by atoms with E-state index in [0.29, 0.717) is 33.0 Å². The summed E-state index contributed by atoms with van der Waals surface area (Å²) < 4.78 is 19.8. The van der Waals surface area contributed by atoms with Crippen molar-refractivity contribution in [3.8, 4) is 0 Å². The molecule has 5 heteroatoms. The molecule has 0 aromatic heterocycles. The van der Waals surface area contributed by atoms with Crippen LogP contribution in [0.1, 0.15) is 26.7 Å². The summed E-state index contributed by atoms with van der Waals surface area (Å²) in [6.45, 7) is 7.06. The molecule has 0 aliphatic heterocycles. The number of carbonyl (C=O) groups excluding carboxylic acids is 1. The Morgan fingerprint density at radius 1 is 0.812 bits per heavy atom. The molecule has 0 aliphatic carbocycles. The summed E-state index contributed by atoms with van der Waals surface area (Å²) in [5.74, 6) is 0. The van der Waals surface area contributed by atoms with E-state index in [1.807, 2.05) is 6.92 Å². The van der Waals surface area contributed by atoms with E-state index in [9.17, 15) is 4.79 Å². The molecule has 0 aromatic rings. The third-order valence-corrected chi connectivity index (χ3v) is 1.74. The number of rotatable bonds is 10. The zero-order valence-electron chi connectivity index (χ0n) is 10.2. The third kappa shape index (κ3) is 11.3. The fourth-order valence-corrected chi connectivity index (χ4v) is 0.985. The molecule has 0 rings (SSSR count). The van der Waals surface area contributed by atoms with Gasteiger partial charge >= 0.3 is 6.16 Å². The first-order valence-electron chi connectivity index (χ1n) is 5.76. The Bertz CT molecular complexity index is 160. The molecule has 0 heterocycles. The molecule has 0 aromatic carbocycles. The molecule has 0 bridgehead atoms. The highest BCUT2D eigenvalue weighted by molar-refractivity contribution is 5.59. The lowest BCUT2D eigenvalue weighted by molar-refractivity contribution is 0.0427. The van der Waals surface area contributed by atoms with Gasteiger partial charge in [0.05, 0.1) is 26.4 Å². The molecule has 0 unspecified atom stereocenters. The van der Waals surface area contributed by atoms with Crippen LogP contribution < -0.4 is 0 Å². The summed E-state index contributed by atoms with van der Waals surface area (Å²) in [7, 11) is 0. The second-order valence-electron chi connectivity index (χ2n) is 3.05. The zero-order valence-corrected chi connectivity index (χ0v) is 10.2. The standard InChI is InChI=1S/C11H22O5/c1-3-13-9-10-14-7-5-6-8-16-11(12)15-4-2/h3-10H2,1-2H3. The molecule has 0 spiro atoms. The normalized spacial score (nSPS) is 10.1. The lowest BCUT2D eigenvalue weighted by Gasteiger charge is -2.05. The molecule has 96 valence electrons. The predicted molar refractivity (Wildman–Crippen MR) is 59.5 cm³/mol. The van der Waals surface area contributed by atoms with Crippen molar-refractivity contribution in [3.63, 3.8) is 0 Å². The summed E-state index contributed by atoms with van der Waals surface area (Å²) in [4.78, 5) is 10.8. The van der Waals surface area contributed by atoms with Gasteiger partial charge in [0.2, 0.25) is 0 Å². The quantitative estimate of drug-likeness (QED) is 0.427. The summed E-state index contributed by atoms with van der Waals surface area (Å²) in [5.41, 5.74) is 0. The highest BCUT2D eigenvalue weighted by Gasteiger charge is 2.00. The first-order valence-corrected chi connectivity index (χ1v) is 5.76. The van der Waals surface area contributed by atoms with Gasteiger partial charge in [0.15, 0.2) is 0 Å². The van der Waals surface area contributed by atoms with E-state index in [0.717, 1.165) is 19.4 Å². The van der Waals surface area contributed by atoms with Crippen molar-refractivity contribution in [2.24, 2.45) is 0 Å². The Balaban J connectivity index is 3.01. The number of hydrogen-bond acceptors (Lipinski definition) is 5. The van der Waals surface area contributed by atoms with Gasteiger partial charge in [-0.1, -0.05) is 0 Å². The fourth-order valence-electron chi connectivity index (χ4n) is 0.985. The summed E-state index contributed by atoms with van der Waals surface area (Å²) in [5, 5.41) is 0. The minimum absolute atomic E-state index is 0.347. The molecular formula is C11H22O5. The van der Waals surface area contributed by atoms with E-state index < -0.39 is 6.16 Å². The van der Waals surface area contributed by atoms with E-state index in [2.05, 4.69) is 4.74 Å². The van der Waals surface area contributed by atoms with Crippen LogP contribution in [0.4, 0.5) is 4.79 Å². The molecule has 5 nitrogen and oxygen atoms in total. The third-order valence-electron chi connectivity index (χ3n) is 1.74. The Hall–Kier alpha value is -0.810. The summed E-state index contributed by atoms with van der Waals surface area (Å²) >= 11 is 0. The SMILES string of the molecule is CCOCCOCCCCOC(=O)OCC. The fraction of sp³-hybridized carbons (Fsp3) is 0.909. The van der Waals surface area contributed by atoms with E-state index in [1.54, 1.807) is 6.92 Å². The summed E-state index contributed by atoms with van der Waals surface area (Å²) in [6, 6.07) is 0. The van der Waals surface area contributed by atoms with E-state index in [-0.39, 0.29) is 0 Å². The molecule has 0 fully saturated rings. The average molecular weight is 234 g/mol. The van der Waals surface area contributed by atoms with Gasteiger partial charge in [0.1, 0.15) is 0 Å².